The summed E-state index contributed by atoms with van der Waals surface area (Å²) in [5, 5.41) is 0. The normalized spacial score (nSPS) is 9.53. The molecule has 0 saturated heterocycles. The molecule has 0 aliphatic carbocycles. The van der Waals surface area contributed by atoms with Crippen LogP contribution in [0, 0.1) is 0 Å². The first kappa shape index (κ1) is 12.8. The summed E-state index contributed by atoms with van der Waals surface area (Å²) in [5.41, 5.74) is 7.67. The van der Waals surface area contributed by atoms with E-state index in [1.807, 2.05) is 0 Å². The largest absolute Gasteiger partial charge is 0.495 e. The Kier molecular flexibility index (Phi) is 3.93. The smallest absolute Gasteiger partial charge is 0.343 e. The maximum absolute atomic E-state index is 11.7. The van der Waals surface area contributed by atoms with Gasteiger partial charge in [0, 0.05) is 5.56 Å². The van der Waals surface area contributed by atoms with Gasteiger partial charge in [-0.3, -0.25) is 0 Å². The van der Waals surface area contributed by atoms with Crippen LogP contribution in [0.25, 0.3) is 12.2 Å². The number of carbonyl (C=O) groups is 1. The van der Waals surface area contributed by atoms with Crippen molar-refractivity contribution in [1.29, 1.82) is 0 Å². The Hall–Kier alpha value is -2.23. The molecule has 0 saturated carbocycles. The Morgan fingerprint density at radius 2 is 1.88 bits per heavy atom. The maximum atomic E-state index is 11.7. The predicted octanol–water partition coefficient (Wildman–Crippen LogP) is 2.35. The van der Waals surface area contributed by atoms with Gasteiger partial charge in [0.15, 0.2) is 0 Å². The van der Waals surface area contributed by atoms with Gasteiger partial charge in [0.25, 0.3) is 0 Å². The molecule has 4 heteroatoms. The standard InChI is InChI=1S/C13H15NO3/c1-5-8-7-9(6-2)12(16-3)10(11(8)14)13(15)17-4/h5-7H,1-2,14H2,3-4H3. The number of ether oxygens (including phenoxy) is 2. The van der Waals surface area contributed by atoms with Crippen LogP contribution in [0.2, 0.25) is 0 Å². The summed E-state index contributed by atoms with van der Waals surface area (Å²) in [4.78, 5) is 11.7. The van der Waals surface area contributed by atoms with Crippen LogP contribution in [0.5, 0.6) is 5.75 Å². The van der Waals surface area contributed by atoms with Gasteiger partial charge in [-0.2, -0.15) is 0 Å². The first-order valence-electron chi connectivity index (χ1n) is 4.94. The number of carbonyl (C=O) groups excluding carboxylic acids is 1. The molecule has 0 atom stereocenters. The van der Waals surface area contributed by atoms with Gasteiger partial charge in [-0.15, -0.1) is 0 Å². The fourth-order valence-electron chi connectivity index (χ4n) is 1.57. The molecule has 1 aromatic carbocycles. The second kappa shape index (κ2) is 5.21. The number of anilines is 1. The Labute approximate surface area is 100 Å². The number of rotatable bonds is 4. The quantitative estimate of drug-likeness (QED) is 0.640. The zero-order valence-electron chi connectivity index (χ0n) is 9.95. The van der Waals surface area contributed by atoms with Crippen LogP contribution in [0.4, 0.5) is 5.69 Å². The highest BCUT2D eigenvalue weighted by atomic mass is 16.5. The van der Waals surface area contributed by atoms with Crippen molar-refractivity contribution in [2.75, 3.05) is 20.0 Å². The van der Waals surface area contributed by atoms with E-state index in [9.17, 15) is 4.79 Å². The van der Waals surface area contributed by atoms with Crippen LogP contribution in [-0.4, -0.2) is 20.2 Å². The number of benzene rings is 1. The summed E-state index contributed by atoms with van der Waals surface area (Å²) < 4.78 is 9.88. The first-order chi connectivity index (χ1) is 8.10. The Balaban J connectivity index is 3.67. The summed E-state index contributed by atoms with van der Waals surface area (Å²) in [6, 6.07) is 1.75. The average Bonchev–Trinajstić information content (AvgIpc) is 2.36. The SMILES string of the molecule is C=Cc1cc(C=C)c(OC)c(C(=O)OC)c1N. The van der Waals surface area contributed by atoms with Gasteiger partial charge in [0.05, 0.1) is 19.9 Å². The summed E-state index contributed by atoms with van der Waals surface area (Å²) in [6.07, 6.45) is 3.14. The fraction of sp³-hybridized carbons (Fsp3) is 0.154. The molecule has 0 heterocycles. The molecule has 1 rings (SSSR count). The Morgan fingerprint density at radius 3 is 2.29 bits per heavy atom. The lowest BCUT2D eigenvalue weighted by Crippen LogP contribution is -2.10. The summed E-state index contributed by atoms with van der Waals surface area (Å²) >= 11 is 0. The van der Waals surface area contributed by atoms with Gasteiger partial charge < -0.3 is 15.2 Å². The van der Waals surface area contributed by atoms with Crippen LogP contribution in [-0.2, 0) is 4.74 Å². The van der Waals surface area contributed by atoms with E-state index in [4.69, 9.17) is 15.2 Å². The monoisotopic (exact) mass is 233 g/mol. The van der Waals surface area contributed by atoms with Crippen LogP contribution >= 0.6 is 0 Å². The molecule has 0 aromatic heterocycles. The lowest BCUT2D eigenvalue weighted by Gasteiger charge is -2.14. The average molecular weight is 233 g/mol. The molecule has 0 amide bonds. The Bertz CT molecular complexity index is 478. The molecule has 90 valence electrons. The van der Waals surface area contributed by atoms with Gasteiger partial charge in [-0.25, -0.2) is 4.79 Å². The van der Waals surface area contributed by atoms with Gasteiger partial charge in [0.1, 0.15) is 11.3 Å². The molecular weight excluding hydrogens is 218 g/mol. The van der Waals surface area contributed by atoms with E-state index in [0.717, 1.165) is 0 Å². The van der Waals surface area contributed by atoms with E-state index in [1.54, 1.807) is 18.2 Å². The molecule has 0 bridgehead atoms. The van der Waals surface area contributed by atoms with E-state index in [1.165, 1.54) is 14.2 Å². The van der Waals surface area contributed by atoms with Gasteiger partial charge >= 0.3 is 5.97 Å². The molecule has 1 aromatic rings. The molecule has 0 unspecified atom stereocenters. The number of nitrogens with two attached hydrogens (primary N) is 1. The van der Waals surface area contributed by atoms with Crippen molar-refractivity contribution in [2.45, 2.75) is 0 Å². The topological polar surface area (TPSA) is 61.5 Å². The molecule has 0 spiro atoms. The number of esters is 1. The maximum Gasteiger partial charge on any atom is 0.343 e. The zero-order chi connectivity index (χ0) is 13.0. The molecule has 0 aliphatic heterocycles. The molecule has 4 nitrogen and oxygen atoms in total. The van der Waals surface area contributed by atoms with Crippen molar-refractivity contribution < 1.29 is 14.3 Å². The molecule has 17 heavy (non-hydrogen) atoms. The minimum Gasteiger partial charge on any atom is -0.495 e. The van der Waals surface area contributed by atoms with Crippen molar-refractivity contribution in [3.63, 3.8) is 0 Å². The highest BCUT2D eigenvalue weighted by molar-refractivity contribution is 6.01. The molecule has 0 aliphatic rings. The third-order valence-corrected chi connectivity index (χ3v) is 2.41. The summed E-state index contributed by atoms with van der Waals surface area (Å²) in [5.74, 6) is -0.193. The van der Waals surface area contributed by atoms with Crippen LogP contribution in [0.15, 0.2) is 19.2 Å². The van der Waals surface area contributed by atoms with Crippen molar-refractivity contribution in [2.24, 2.45) is 0 Å². The van der Waals surface area contributed by atoms with Crippen molar-refractivity contribution >= 4 is 23.8 Å². The van der Waals surface area contributed by atoms with E-state index >= 15 is 0 Å². The number of hydrogen-bond donors (Lipinski definition) is 1. The van der Waals surface area contributed by atoms with E-state index in [2.05, 4.69) is 13.2 Å². The lowest BCUT2D eigenvalue weighted by atomic mass is 10.0. The predicted molar refractivity (Wildman–Crippen MR) is 68.9 cm³/mol. The summed E-state index contributed by atoms with van der Waals surface area (Å²) in [7, 11) is 2.75. The van der Waals surface area contributed by atoms with Crippen LogP contribution in [0.3, 0.4) is 0 Å². The van der Waals surface area contributed by atoms with E-state index in [-0.39, 0.29) is 11.3 Å². The molecule has 0 fully saturated rings. The van der Waals surface area contributed by atoms with Gasteiger partial charge in [-0.1, -0.05) is 25.3 Å². The number of hydrogen-bond acceptors (Lipinski definition) is 4. The van der Waals surface area contributed by atoms with E-state index < -0.39 is 5.97 Å². The van der Waals surface area contributed by atoms with Crippen molar-refractivity contribution in [3.8, 4) is 5.75 Å². The van der Waals surface area contributed by atoms with Crippen LogP contribution < -0.4 is 10.5 Å². The fourth-order valence-corrected chi connectivity index (χ4v) is 1.57. The lowest BCUT2D eigenvalue weighted by molar-refractivity contribution is 0.0598. The molecule has 0 radical (unpaired) electrons. The third kappa shape index (κ3) is 2.15. The first-order valence-corrected chi connectivity index (χ1v) is 4.94. The second-order valence-corrected chi connectivity index (χ2v) is 3.28. The Morgan fingerprint density at radius 1 is 1.29 bits per heavy atom. The number of nitrogen functional groups attached to an aromatic ring is 1. The minimum atomic E-state index is -0.550. The summed E-state index contributed by atoms with van der Waals surface area (Å²) in [6.45, 7) is 7.31. The number of methoxy groups -OCH3 is 2. The van der Waals surface area contributed by atoms with Crippen molar-refractivity contribution in [3.05, 3.63) is 35.9 Å². The van der Waals surface area contributed by atoms with Gasteiger partial charge in [0.2, 0.25) is 0 Å². The molecule has 2 N–H and O–H groups in total. The highest BCUT2D eigenvalue weighted by Crippen LogP contribution is 2.34. The highest BCUT2D eigenvalue weighted by Gasteiger charge is 2.21. The van der Waals surface area contributed by atoms with Crippen molar-refractivity contribution in [1.82, 2.24) is 0 Å². The van der Waals surface area contributed by atoms with E-state index in [0.29, 0.717) is 16.9 Å². The molecular formula is C13H15NO3. The minimum absolute atomic E-state index is 0.197. The van der Waals surface area contributed by atoms with Crippen LogP contribution in [0.1, 0.15) is 21.5 Å². The second-order valence-electron chi connectivity index (χ2n) is 3.28. The van der Waals surface area contributed by atoms with Gasteiger partial charge in [-0.05, 0) is 11.6 Å². The zero-order valence-corrected chi connectivity index (χ0v) is 9.95. The third-order valence-electron chi connectivity index (χ3n) is 2.41.